The normalized spacial score (nSPS) is 11.1. The monoisotopic (exact) mass is 441 g/mol. The fraction of sp³-hybridized carbons (Fsp3) is 0.278. The Kier molecular flexibility index (Phi) is 6.30. The number of aryl methyl sites for hydroxylation is 1. The maximum Gasteiger partial charge on any atom is 0.326 e. The molecule has 0 bridgehead atoms. The van der Waals surface area contributed by atoms with Crippen molar-refractivity contribution in [3.63, 3.8) is 0 Å². The highest BCUT2D eigenvalue weighted by molar-refractivity contribution is 9.10. The van der Waals surface area contributed by atoms with Crippen molar-refractivity contribution >= 4 is 37.6 Å². The van der Waals surface area contributed by atoms with Crippen LogP contribution >= 0.6 is 15.9 Å². The van der Waals surface area contributed by atoms with Gasteiger partial charge < -0.3 is 9.47 Å². The third kappa shape index (κ3) is 4.02. The molecule has 2 aromatic rings. The number of nitrogens with zero attached hydrogens (tertiary/aromatic N) is 1. The number of benzene rings is 2. The van der Waals surface area contributed by atoms with Gasteiger partial charge in [-0.3, -0.25) is 9.10 Å². The molecule has 0 heterocycles. The Morgan fingerprint density at radius 1 is 1.15 bits per heavy atom. The minimum absolute atomic E-state index is 0.0370. The van der Waals surface area contributed by atoms with Crippen LogP contribution in [0.5, 0.6) is 5.75 Å². The Bertz CT molecular complexity index is 927. The molecule has 0 amide bonds. The molecular weight excluding hydrogens is 422 g/mol. The molecule has 0 aromatic heterocycles. The Labute approximate surface area is 161 Å². The minimum Gasteiger partial charge on any atom is -0.496 e. The number of carbonyl (C=O) groups is 1. The minimum atomic E-state index is -4.00. The van der Waals surface area contributed by atoms with Gasteiger partial charge in [-0.05, 0) is 65.2 Å². The van der Waals surface area contributed by atoms with Gasteiger partial charge in [-0.25, -0.2) is 8.42 Å². The van der Waals surface area contributed by atoms with Gasteiger partial charge in [0.2, 0.25) is 0 Å². The van der Waals surface area contributed by atoms with Crippen LogP contribution in [-0.4, -0.2) is 35.2 Å². The molecule has 0 atom stereocenters. The largest absolute Gasteiger partial charge is 0.496 e. The van der Waals surface area contributed by atoms with E-state index in [0.717, 1.165) is 15.4 Å². The fourth-order valence-corrected chi connectivity index (χ4v) is 4.61. The molecule has 0 radical (unpaired) electrons. The molecule has 8 heteroatoms. The van der Waals surface area contributed by atoms with E-state index in [1.807, 2.05) is 19.9 Å². The van der Waals surface area contributed by atoms with E-state index in [1.54, 1.807) is 18.2 Å². The molecule has 0 saturated heterocycles. The van der Waals surface area contributed by atoms with Crippen molar-refractivity contribution in [1.29, 1.82) is 0 Å². The molecule has 2 rings (SSSR count). The van der Waals surface area contributed by atoms with Gasteiger partial charge in [0, 0.05) is 0 Å². The van der Waals surface area contributed by atoms with Gasteiger partial charge in [-0.15, -0.1) is 0 Å². The lowest BCUT2D eigenvalue weighted by Gasteiger charge is -2.25. The van der Waals surface area contributed by atoms with Crippen LogP contribution in [0, 0.1) is 13.8 Å². The van der Waals surface area contributed by atoms with E-state index < -0.39 is 22.5 Å². The summed E-state index contributed by atoms with van der Waals surface area (Å²) in [5.74, 6) is -0.141. The van der Waals surface area contributed by atoms with Gasteiger partial charge in [0.1, 0.15) is 12.3 Å². The van der Waals surface area contributed by atoms with Crippen molar-refractivity contribution in [2.24, 2.45) is 0 Å². The Hall–Kier alpha value is -2.06. The van der Waals surface area contributed by atoms with Gasteiger partial charge >= 0.3 is 5.97 Å². The van der Waals surface area contributed by atoms with Gasteiger partial charge in [-0.1, -0.05) is 12.1 Å². The summed E-state index contributed by atoms with van der Waals surface area (Å²) < 4.78 is 37.9. The third-order valence-electron chi connectivity index (χ3n) is 4.06. The number of halogens is 1. The number of rotatable bonds is 6. The molecule has 2 aromatic carbocycles. The molecule has 0 unspecified atom stereocenters. The Morgan fingerprint density at radius 2 is 1.85 bits per heavy atom. The van der Waals surface area contributed by atoms with Crippen LogP contribution in [-0.2, 0) is 19.6 Å². The predicted octanol–water partition coefficient (Wildman–Crippen LogP) is 3.44. The average molecular weight is 442 g/mol. The van der Waals surface area contributed by atoms with Crippen LogP contribution in [0.1, 0.15) is 11.1 Å². The van der Waals surface area contributed by atoms with Gasteiger partial charge in [-0.2, -0.15) is 0 Å². The first kappa shape index (κ1) is 20.3. The summed E-state index contributed by atoms with van der Waals surface area (Å²) in [6.07, 6.45) is 0. The summed E-state index contributed by atoms with van der Waals surface area (Å²) in [4.78, 5) is 11.9. The molecular formula is C18H20BrNO5S. The molecule has 0 fully saturated rings. The van der Waals surface area contributed by atoms with E-state index in [9.17, 15) is 13.2 Å². The summed E-state index contributed by atoms with van der Waals surface area (Å²) in [5.41, 5.74) is 2.12. The summed E-state index contributed by atoms with van der Waals surface area (Å²) in [7, 11) is -1.28. The van der Waals surface area contributed by atoms with E-state index >= 15 is 0 Å². The average Bonchev–Trinajstić information content (AvgIpc) is 2.61. The molecule has 26 heavy (non-hydrogen) atoms. The predicted molar refractivity (Wildman–Crippen MR) is 103 cm³/mol. The first-order valence-electron chi connectivity index (χ1n) is 7.71. The molecule has 0 N–H and O–H groups in total. The van der Waals surface area contributed by atoms with Gasteiger partial charge in [0.05, 0.1) is 29.3 Å². The number of ether oxygens (including phenoxy) is 2. The first-order valence-corrected chi connectivity index (χ1v) is 9.95. The standard InChI is InChI=1S/C18H20BrNO5S/c1-12-6-5-7-16(13(12)2)20(11-18(21)25-4)26(22,23)14-8-9-17(24-3)15(19)10-14/h5-10H,11H2,1-4H3. The fourth-order valence-electron chi connectivity index (χ4n) is 2.42. The van der Waals surface area contributed by atoms with Crippen molar-refractivity contribution in [1.82, 2.24) is 0 Å². The molecule has 0 aliphatic rings. The van der Waals surface area contributed by atoms with E-state index in [4.69, 9.17) is 4.74 Å². The van der Waals surface area contributed by atoms with Crippen LogP contribution in [0.2, 0.25) is 0 Å². The van der Waals surface area contributed by atoms with Crippen LogP contribution in [0.15, 0.2) is 45.8 Å². The molecule has 0 aliphatic heterocycles. The van der Waals surface area contributed by atoms with Gasteiger partial charge in [0.25, 0.3) is 10.0 Å². The zero-order valence-corrected chi connectivity index (χ0v) is 17.3. The second-order valence-electron chi connectivity index (χ2n) is 5.60. The summed E-state index contributed by atoms with van der Waals surface area (Å²) in [5, 5.41) is 0. The number of sulfonamides is 1. The van der Waals surface area contributed by atoms with Gasteiger partial charge in [0.15, 0.2) is 0 Å². The van der Waals surface area contributed by atoms with Crippen LogP contribution in [0.3, 0.4) is 0 Å². The topological polar surface area (TPSA) is 72.9 Å². The molecule has 0 saturated carbocycles. The lowest BCUT2D eigenvalue weighted by Crippen LogP contribution is -2.36. The summed E-state index contributed by atoms with van der Waals surface area (Å²) >= 11 is 3.30. The second-order valence-corrected chi connectivity index (χ2v) is 8.32. The highest BCUT2D eigenvalue weighted by Gasteiger charge is 2.29. The number of hydrogen-bond donors (Lipinski definition) is 0. The number of methoxy groups -OCH3 is 2. The molecule has 0 spiro atoms. The number of hydrogen-bond acceptors (Lipinski definition) is 5. The quantitative estimate of drug-likeness (QED) is 0.641. The number of esters is 1. The smallest absolute Gasteiger partial charge is 0.326 e. The lowest BCUT2D eigenvalue weighted by atomic mass is 10.1. The van der Waals surface area contributed by atoms with Crippen molar-refractivity contribution in [3.05, 3.63) is 52.0 Å². The van der Waals surface area contributed by atoms with Crippen molar-refractivity contribution in [2.75, 3.05) is 25.1 Å². The summed E-state index contributed by atoms with van der Waals surface area (Å²) in [6, 6.07) is 9.74. The molecule has 140 valence electrons. The SMILES string of the molecule is COC(=O)CN(c1cccc(C)c1C)S(=O)(=O)c1ccc(OC)c(Br)c1. The Morgan fingerprint density at radius 3 is 2.42 bits per heavy atom. The second kappa shape index (κ2) is 8.09. The number of anilines is 1. The van der Waals surface area contributed by atoms with Crippen LogP contribution in [0.4, 0.5) is 5.69 Å². The zero-order chi connectivity index (χ0) is 19.5. The zero-order valence-electron chi connectivity index (χ0n) is 14.9. The first-order chi connectivity index (χ1) is 12.2. The Balaban J connectivity index is 2.62. The van der Waals surface area contributed by atoms with Crippen molar-refractivity contribution in [3.8, 4) is 5.75 Å². The van der Waals surface area contributed by atoms with E-state index in [0.29, 0.717) is 15.9 Å². The van der Waals surface area contributed by atoms with Crippen LogP contribution < -0.4 is 9.04 Å². The summed E-state index contributed by atoms with van der Waals surface area (Å²) in [6.45, 7) is 3.27. The highest BCUT2D eigenvalue weighted by atomic mass is 79.9. The molecule has 6 nitrogen and oxygen atoms in total. The van der Waals surface area contributed by atoms with E-state index in [-0.39, 0.29) is 4.90 Å². The number of carbonyl (C=O) groups excluding carboxylic acids is 1. The maximum atomic E-state index is 13.3. The van der Waals surface area contributed by atoms with Crippen molar-refractivity contribution in [2.45, 2.75) is 18.7 Å². The molecule has 0 aliphatic carbocycles. The van der Waals surface area contributed by atoms with E-state index in [2.05, 4.69) is 20.7 Å². The lowest BCUT2D eigenvalue weighted by molar-refractivity contribution is -0.138. The van der Waals surface area contributed by atoms with Crippen LogP contribution in [0.25, 0.3) is 0 Å². The van der Waals surface area contributed by atoms with Crippen molar-refractivity contribution < 1.29 is 22.7 Å². The third-order valence-corrected chi connectivity index (χ3v) is 6.43. The highest BCUT2D eigenvalue weighted by Crippen LogP contribution is 2.32. The maximum absolute atomic E-state index is 13.3. The van der Waals surface area contributed by atoms with E-state index in [1.165, 1.54) is 26.4 Å².